The van der Waals surface area contributed by atoms with Crippen molar-refractivity contribution in [2.24, 2.45) is 0 Å². The van der Waals surface area contributed by atoms with E-state index < -0.39 is 48.0 Å². The van der Waals surface area contributed by atoms with E-state index in [-0.39, 0.29) is 42.4 Å². The third-order valence-electron chi connectivity index (χ3n) is 8.47. The van der Waals surface area contributed by atoms with Gasteiger partial charge in [0.25, 0.3) is 5.91 Å². The van der Waals surface area contributed by atoms with E-state index in [2.05, 4.69) is 42.3 Å². The zero-order chi connectivity index (χ0) is 47.8. The second-order valence-electron chi connectivity index (χ2n) is 13.9. The van der Waals surface area contributed by atoms with Gasteiger partial charge < -0.3 is 34.9 Å². The third-order valence-corrected chi connectivity index (χ3v) is 8.47. The molecule has 0 radical (unpaired) electrons. The minimum absolute atomic E-state index is 0.0141. The fraction of sp³-hybridized carbons (Fsp3) is 0.267. The fourth-order valence-electron chi connectivity index (χ4n) is 5.58. The lowest BCUT2D eigenvalue weighted by Crippen LogP contribution is -2.27. The zero-order valence-corrected chi connectivity index (χ0v) is 33.0. The number of ether oxygens (including phenoxy) is 4. The van der Waals surface area contributed by atoms with Gasteiger partial charge in [0.05, 0.1) is 55.6 Å². The predicted molar refractivity (Wildman–Crippen MR) is 229 cm³/mol. The molecule has 0 fully saturated rings. The molecule has 14 nitrogen and oxygen atoms in total. The summed E-state index contributed by atoms with van der Waals surface area (Å²) in [7, 11) is 1.60. The highest BCUT2D eigenvalue weighted by atomic mass is 16.5. The number of carbonyl (C=O) groups is 2. The monoisotopic (exact) mass is 803 g/mol. The summed E-state index contributed by atoms with van der Waals surface area (Å²) >= 11 is 0. The molecular formula is C45H48N8O6. The number of anilines is 4. The van der Waals surface area contributed by atoms with Crippen molar-refractivity contribution in [3.63, 3.8) is 0 Å². The molecule has 304 valence electrons. The van der Waals surface area contributed by atoms with Crippen molar-refractivity contribution in [1.82, 2.24) is 25.1 Å². The molecule has 2 aromatic heterocycles. The standard InChI is InChI=1S/C45H48N8O6/c1-7-31-26-32(42(54)46-20-21-57-24-25-58-23-22-56-6)28-33(27-31)48-43-47-19-18-41(51-43)59-38-17-16-37(35-10-8-9-11-36(35)38)49-44(55)50-40-29-39(45(3,4)5)52-53(40)34-14-12-30(2)13-15-34/h1,8-19,26-29H,20-25H2,2-6H3,(H,46,54)(H,47,48,51)(H2,49,50,55)/i2D3,12D,13D,14D,15D. The summed E-state index contributed by atoms with van der Waals surface area (Å²) in [5.41, 5.74) is 0.442. The lowest BCUT2D eigenvalue weighted by atomic mass is 9.92. The molecule has 4 N–H and O–H groups in total. The number of benzene rings is 4. The molecular weight excluding hydrogens is 749 g/mol. The minimum atomic E-state index is -2.90. The van der Waals surface area contributed by atoms with E-state index in [1.54, 1.807) is 73.8 Å². The van der Waals surface area contributed by atoms with Crippen LogP contribution in [0.4, 0.5) is 27.9 Å². The number of hydrogen-bond acceptors (Lipinski definition) is 10. The Balaban J connectivity index is 1.17. The first-order valence-electron chi connectivity index (χ1n) is 22.0. The Morgan fingerprint density at radius 3 is 2.42 bits per heavy atom. The van der Waals surface area contributed by atoms with Crippen molar-refractivity contribution in [1.29, 1.82) is 0 Å². The second kappa shape index (κ2) is 19.6. The average Bonchev–Trinajstić information content (AvgIpc) is 3.69. The third kappa shape index (κ3) is 11.4. The maximum atomic E-state index is 13.7. The Hall–Kier alpha value is -6.79. The van der Waals surface area contributed by atoms with Crippen LogP contribution < -0.4 is 26.0 Å². The van der Waals surface area contributed by atoms with Crippen LogP contribution in [0.2, 0.25) is 0 Å². The first-order valence-corrected chi connectivity index (χ1v) is 18.5. The molecule has 0 saturated carbocycles. The second-order valence-corrected chi connectivity index (χ2v) is 13.9. The maximum absolute atomic E-state index is 13.7. The van der Waals surface area contributed by atoms with Crippen molar-refractivity contribution < 1.29 is 38.1 Å². The van der Waals surface area contributed by atoms with Gasteiger partial charge in [-0.3, -0.25) is 10.1 Å². The fourth-order valence-corrected chi connectivity index (χ4v) is 5.58. The molecule has 0 aliphatic heterocycles. The van der Waals surface area contributed by atoms with Gasteiger partial charge in [-0.15, -0.1) is 6.42 Å². The van der Waals surface area contributed by atoms with E-state index in [1.807, 2.05) is 20.8 Å². The lowest BCUT2D eigenvalue weighted by molar-refractivity contribution is 0.0255. The molecule has 6 aromatic rings. The maximum Gasteiger partial charge on any atom is 0.324 e. The first kappa shape index (κ1) is 33.2. The van der Waals surface area contributed by atoms with Gasteiger partial charge >= 0.3 is 6.03 Å². The van der Waals surface area contributed by atoms with Crippen LogP contribution in [-0.2, 0) is 19.6 Å². The smallest absolute Gasteiger partial charge is 0.324 e. The van der Waals surface area contributed by atoms with Gasteiger partial charge in [0, 0.05) is 69.1 Å². The Bertz CT molecular complexity index is 2760. The van der Waals surface area contributed by atoms with E-state index in [1.165, 1.54) is 6.20 Å². The van der Waals surface area contributed by atoms with E-state index >= 15 is 0 Å². The van der Waals surface area contributed by atoms with Gasteiger partial charge in [-0.2, -0.15) is 10.1 Å². The number of methoxy groups -OCH3 is 1. The van der Waals surface area contributed by atoms with E-state index in [0.717, 1.165) is 4.68 Å². The quantitative estimate of drug-likeness (QED) is 0.0525. The van der Waals surface area contributed by atoms with Crippen LogP contribution in [0.3, 0.4) is 0 Å². The SMILES string of the molecule is [2H]c1c([2H])c(C([2H])([2H])[2H])c([2H])c([2H])c1-n1nc(C(C)(C)C)cc1NC(=O)Nc1ccc(Oc2ccnc(Nc3cc(C#C)cc(C(=O)NCCOCCOCCOC)c3)n2)c2ccccc12. The van der Waals surface area contributed by atoms with Gasteiger partial charge in [-0.05, 0) is 49.3 Å². The van der Waals surface area contributed by atoms with Crippen molar-refractivity contribution >= 4 is 45.9 Å². The summed E-state index contributed by atoms with van der Waals surface area (Å²) in [5.74, 6) is 2.95. The molecule has 3 amide bonds. The Morgan fingerprint density at radius 1 is 0.915 bits per heavy atom. The number of terminal acetylenes is 1. The number of amides is 3. The molecule has 0 aliphatic carbocycles. The van der Waals surface area contributed by atoms with Gasteiger partial charge in [-0.1, -0.05) is 68.6 Å². The first-order chi connectivity index (χ1) is 31.4. The van der Waals surface area contributed by atoms with E-state index in [0.29, 0.717) is 71.1 Å². The molecule has 0 saturated heterocycles. The molecule has 0 aliphatic rings. The molecule has 0 bridgehead atoms. The predicted octanol–water partition coefficient (Wildman–Crippen LogP) is 7.99. The highest BCUT2D eigenvalue weighted by molar-refractivity contribution is 6.07. The number of nitrogens with zero attached hydrogens (tertiary/aromatic N) is 4. The van der Waals surface area contributed by atoms with Crippen molar-refractivity contribution in [3.05, 3.63) is 119 Å². The average molecular weight is 804 g/mol. The van der Waals surface area contributed by atoms with E-state index in [9.17, 15) is 9.59 Å². The van der Waals surface area contributed by atoms with Crippen molar-refractivity contribution in [3.8, 4) is 29.7 Å². The van der Waals surface area contributed by atoms with Crippen LogP contribution in [0, 0.1) is 19.2 Å². The highest BCUT2D eigenvalue weighted by Gasteiger charge is 2.22. The number of nitrogens with one attached hydrogen (secondary N) is 4. The number of hydrogen-bond donors (Lipinski definition) is 4. The van der Waals surface area contributed by atoms with Crippen molar-refractivity contribution in [2.45, 2.75) is 33.0 Å². The summed E-state index contributed by atoms with van der Waals surface area (Å²) < 4.78 is 80.7. The molecule has 4 aromatic carbocycles. The summed E-state index contributed by atoms with van der Waals surface area (Å²) in [6, 6.07) is 15.0. The Morgan fingerprint density at radius 2 is 1.68 bits per heavy atom. The molecule has 14 heteroatoms. The van der Waals surface area contributed by atoms with Gasteiger partial charge in [0.15, 0.2) is 0 Å². The number of fused-ring (bicyclic) bond motifs is 1. The number of rotatable bonds is 17. The van der Waals surface area contributed by atoms with Crippen LogP contribution in [-0.4, -0.2) is 78.4 Å². The lowest BCUT2D eigenvalue weighted by Gasteiger charge is -2.14. The summed E-state index contributed by atoms with van der Waals surface area (Å²) in [6.07, 6.45) is 7.21. The topological polar surface area (TPSA) is 163 Å². The van der Waals surface area contributed by atoms with Crippen LogP contribution in [0.1, 0.15) is 57.5 Å². The van der Waals surface area contributed by atoms with Crippen LogP contribution >= 0.6 is 0 Å². The molecule has 6 rings (SSSR count). The van der Waals surface area contributed by atoms with Gasteiger partial charge in [-0.25, -0.2) is 14.5 Å². The molecule has 0 unspecified atom stereocenters. The summed E-state index contributed by atoms with van der Waals surface area (Å²) in [6.45, 7) is 5.02. The number of carbonyl (C=O) groups excluding carboxylic acids is 2. The van der Waals surface area contributed by atoms with Crippen LogP contribution in [0.15, 0.2) is 97.1 Å². The van der Waals surface area contributed by atoms with Crippen LogP contribution in [0.5, 0.6) is 11.6 Å². The number of aromatic nitrogens is 4. The molecule has 0 spiro atoms. The Labute approximate surface area is 353 Å². The normalized spacial score (nSPS) is 13.1. The van der Waals surface area contributed by atoms with Crippen molar-refractivity contribution in [2.75, 3.05) is 62.6 Å². The zero-order valence-electron chi connectivity index (χ0n) is 40.0. The highest BCUT2D eigenvalue weighted by Crippen LogP contribution is 2.35. The molecule has 2 heterocycles. The minimum Gasteiger partial charge on any atom is -0.438 e. The van der Waals surface area contributed by atoms with Gasteiger partial charge in [0.2, 0.25) is 11.8 Å². The largest absolute Gasteiger partial charge is 0.438 e. The van der Waals surface area contributed by atoms with E-state index in [4.69, 9.17) is 35.0 Å². The van der Waals surface area contributed by atoms with Gasteiger partial charge in [0.1, 0.15) is 11.6 Å². The Kier molecular flexibility index (Phi) is 11.0. The molecule has 59 heavy (non-hydrogen) atoms. The molecule has 0 atom stereocenters. The summed E-state index contributed by atoms with van der Waals surface area (Å²) in [5, 5.41) is 17.2. The number of urea groups is 1. The van der Waals surface area contributed by atoms with Crippen LogP contribution in [0.25, 0.3) is 16.5 Å². The summed E-state index contributed by atoms with van der Waals surface area (Å²) in [4.78, 5) is 35.6.